The van der Waals surface area contributed by atoms with Gasteiger partial charge in [0.25, 0.3) is 10.9 Å². The van der Waals surface area contributed by atoms with Crippen molar-refractivity contribution in [2.24, 2.45) is 4.99 Å². The van der Waals surface area contributed by atoms with Gasteiger partial charge in [-0.1, -0.05) is 18.2 Å². The van der Waals surface area contributed by atoms with Crippen LogP contribution in [0.25, 0.3) is 0 Å². The highest BCUT2D eigenvalue weighted by Gasteiger charge is 2.23. The molecule has 3 rings (SSSR count). The van der Waals surface area contributed by atoms with Gasteiger partial charge >= 0.3 is 0 Å². The number of hydrogen-bond donors (Lipinski definition) is 2. The highest BCUT2D eigenvalue weighted by atomic mass is 16.5. The Morgan fingerprint density at radius 3 is 2.54 bits per heavy atom. The van der Waals surface area contributed by atoms with E-state index in [0.29, 0.717) is 11.4 Å². The van der Waals surface area contributed by atoms with E-state index in [1.807, 2.05) is 63.2 Å². The van der Waals surface area contributed by atoms with E-state index in [0.717, 1.165) is 22.6 Å². The second-order valence-corrected chi connectivity index (χ2v) is 6.56. The average molecular weight is 377 g/mol. The van der Waals surface area contributed by atoms with Gasteiger partial charge in [-0.2, -0.15) is 0 Å². The first-order chi connectivity index (χ1) is 13.4. The molecule has 0 bridgehead atoms. The monoisotopic (exact) mass is 377 g/mol. The number of nitrogens with one attached hydrogen (secondary N) is 2. The Morgan fingerprint density at radius 2 is 1.82 bits per heavy atom. The number of rotatable bonds is 7. The number of nitrogens with zero attached hydrogens (tertiary/aromatic N) is 1. The number of benzene rings is 2. The van der Waals surface area contributed by atoms with Crippen molar-refractivity contribution in [2.45, 2.75) is 26.8 Å². The summed E-state index contributed by atoms with van der Waals surface area (Å²) in [6.45, 7) is 5.74. The normalized spacial score (nSPS) is 12.3. The molecule has 0 radical (unpaired) electrons. The third-order valence-electron chi connectivity index (χ3n) is 4.61. The highest BCUT2D eigenvalue weighted by molar-refractivity contribution is 5.80. The SMILES string of the molecule is CC=Nc1cc(Nc2c(N[C@H](C)c3cccc(OC)c3)c(=O)c2=O)ccc1C. The van der Waals surface area contributed by atoms with E-state index >= 15 is 0 Å². The fourth-order valence-corrected chi connectivity index (χ4v) is 2.97. The number of ether oxygens (including phenoxy) is 1. The van der Waals surface area contributed by atoms with Gasteiger partial charge in [0.15, 0.2) is 0 Å². The van der Waals surface area contributed by atoms with Gasteiger partial charge in [-0.25, -0.2) is 0 Å². The van der Waals surface area contributed by atoms with E-state index < -0.39 is 10.9 Å². The van der Waals surface area contributed by atoms with Gasteiger partial charge in [0, 0.05) is 17.9 Å². The first-order valence-corrected chi connectivity index (χ1v) is 9.04. The number of methoxy groups -OCH3 is 1. The molecule has 0 spiro atoms. The van der Waals surface area contributed by atoms with Crippen LogP contribution in [0.3, 0.4) is 0 Å². The molecule has 3 aromatic carbocycles. The second kappa shape index (κ2) is 8.08. The summed E-state index contributed by atoms with van der Waals surface area (Å²) < 4.78 is 5.24. The molecule has 6 heteroatoms. The summed E-state index contributed by atoms with van der Waals surface area (Å²) in [5.41, 5.74) is 3.02. The quantitative estimate of drug-likeness (QED) is 0.476. The van der Waals surface area contributed by atoms with Crippen LogP contribution in [0.2, 0.25) is 0 Å². The van der Waals surface area contributed by atoms with Gasteiger partial charge in [-0.15, -0.1) is 0 Å². The molecular formula is C22H23N3O3. The van der Waals surface area contributed by atoms with Crippen molar-refractivity contribution in [2.75, 3.05) is 17.7 Å². The van der Waals surface area contributed by atoms with E-state index in [2.05, 4.69) is 15.6 Å². The van der Waals surface area contributed by atoms with E-state index in [4.69, 9.17) is 4.74 Å². The molecule has 0 saturated carbocycles. The lowest BCUT2D eigenvalue weighted by Crippen LogP contribution is -2.37. The van der Waals surface area contributed by atoms with Gasteiger partial charge in [-0.05, 0) is 56.2 Å². The predicted molar refractivity (Wildman–Crippen MR) is 115 cm³/mol. The molecule has 0 aliphatic heterocycles. The summed E-state index contributed by atoms with van der Waals surface area (Å²) in [5.74, 6) is 0.734. The lowest BCUT2D eigenvalue weighted by molar-refractivity contribution is 0.414. The highest BCUT2D eigenvalue weighted by Crippen LogP contribution is 2.29. The standard InChI is InChI=1S/C22H23N3O3/c1-5-23-18-12-16(10-9-13(18)2)25-20-19(21(26)22(20)27)24-14(3)15-7-6-8-17(11-15)28-4/h5-12,14,24-25H,1-4H3/t14-/m1/s1. The van der Waals surface area contributed by atoms with Gasteiger partial charge in [0.1, 0.15) is 17.1 Å². The molecule has 0 fully saturated rings. The minimum absolute atomic E-state index is 0.169. The summed E-state index contributed by atoms with van der Waals surface area (Å²) in [5, 5.41) is 6.21. The van der Waals surface area contributed by atoms with Gasteiger partial charge < -0.3 is 15.4 Å². The Labute approximate surface area is 163 Å². The Bertz CT molecular complexity index is 1090. The summed E-state index contributed by atoms with van der Waals surface area (Å²) in [7, 11) is 1.61. The molecule has 0 aliphatic rings. The molecule has 0 aliphatic carbocycles. The molecule has 0 unspecified atom stereocenters. The Morgan fingerprint density at radius 1 is 1.07 bits per heavy atom. The summed E-state index contributed by atoms with van der Waals surface area (Å²) in [6.07, 6.45) is 1.71. The zero-order valence-electron chi connectivity index (χ0n) is 16.4. The Hall–Kier alpha value is -3.41. The molecule has 1 atom stereocenters. The molecule has 0 amide bonds. The minimum atomic E-state index is -0.526. The third kappa shape index (κ3) is 3.81. The Balaban J connectivity index is 1.84. The van der Waals surface area contributed by atoms with Crippen LogP contribution in [0.1, 0.15) is 31.0 Å². The van der Waals surface area contributed by atoms with Crippen LogP contribution in [0.15, 0.2) is 57.0 Å². The zero-order valence-corrected chi connectivity index (χ0v) is 16.4. The maximum absolute atomic E-state index is 12.1. The number of aliphatic imine (C=N–C) groups is 1. The summed E-state index contributed by atoms with van der Waals surface area (Å²) in [6, 6.07) is 13.0. The molecule has 0 heterocycles. The largest absolute Gasteiger partial charge is 0.497 e. The molecule has 28 heavy (non-hydrogen) atoms. The fourth-order valence-electron chi connectivity index (χ4n) is 2.97. The molecular weight excluding hydrogens is 354 g/mol. The van der Waals surface area contributed by atoms with Crippen molar-refractivity contribution in [3.63, 3.8) is 0 Å². The van der Waals surface area contributed by atoms with E-state index in [9.17, 15) is 9.59 Å². The molecule has 6 nitrogen and oxygen atoms in total. The van der Waals surface area contributed by atoms with Crippen LogP contribution < -0.4 is 26.2 Å². The van der Waals surface area contributed by atoms with E-state index in [-0.39, 0.29) is 11.7 Å². The average Bonchev–Trinajstić information content (AvgIpc) is 2.72. The minimum Gasteiger partial charge on any atom is -0.497 e. The van der Waals surface area contributed by atoms with Gasteiger partial charge in [0.05, 0.1) is 12.8 Å². The van der Waals surface area contributed by atoms with E-state index in [1.165, 1.54) is 0 Å². The zero-order chi connectivity index (χ0) is 20.3. The van der Waals surface area contributed by atoms with Crippen LogP contribution in [0, 0.1) is 6.92 Å². The number of anilines is 3. The van der Waals surface area contributed by atoms with Crippen molar-refractivity contribution in [3.8, 4) is 5.75 Å². The first-order valence-electron chi connectivity index (χ1n) is 9.04. The summed E-state index contributed by atoms with van der Waals surface area (Å²) in [4.78, 5) is 28.5. The van der Waals surface area contributed by atoms with Crippen molar-refractivity contribution < 1.29 is 4.74 Å². The topological polar surface area (TPSA) is 79.8 Å². The number of aryl methyl sites for hydroxylation is 1. The maximum Gasteiger partial charge on any atom is 0.253 e. The van der Waals surface area contributed by atoms with Crippen molar-refractivity contribution in [1.29, 1.82) is 0 Å². The van der Waals surface area contributed by atoms with Crippen LogP contribution in [0.5, 0.6) is 5.75 Å². The van der Waals surface area contributed by atoms with Gasteiger partial charge in [0.2, 0.25) is 0 Å². The third-order valence-corrected chi connectivity index (χ3v) is 4.61. The van der Waals surface area contributed by atoms with Crippen LogP contribution in [-0.4, -0.2) is 13.3 Å². The fraction of sp³-hybridized carbons (Fsp3) is 0.227. The van der Waals surface area contributed by atoms with E-state index in [1.54, 1.807) is 13.3 Å². The first kappa shape index (κ1) is 19.4. The van der Waals surface area contributed by atoms with Crippen LogP contribution >= 0.6 is 0 Å². The molecule has 3 aromatic rings. The molecule has 0 saturated heterocycles. The van der Waals surface area contributed by atoms with Crippen molar-refractivity contribution in [1.82, 2.24) is 0 Å². The second-order valence-electron chi connectivity index (χ2n) is 6.56. The molecule has 144 valence electrons. The summed E-state index contributed by atoms with van der Waals surface area (Å²) >= 11 is 0. The smallest absolute Gasteiger partial charge is 0.253 e. The number of hydrogen-bond acceptors (Lipinski definition) is 6. The van der Waals surface area contributed by atoms with Crippen molar-refractivity contribution >= 4 is 29.0 Å². The van der Waals surface area contributed by atoms with Crippen LogP contribution in [-0.2, 0) is 0 Å². The lowest BCUT2D eigenvalue weighted by Gasteiger charge is -2.20. The maximum atomic E-state index is 12.1. The predicted octanol–water partition coefficient (Wildman–Crippen LogP) is 4.24. The molecule has 0 aromatic heterocycles. The lowest BCUT2D eigenvalue weighted by atomic mass is 10.1. The van der Waals surface area contributed by atoms with Crippen LogP contribution in [0.4, 0.5) is 22.7 Å². The molecule has 2 N–H and O–H groups in total. The Kier molecular flexibility index (Phi) is 5.59. The van der Waals surface area contributed by atoms with Gasteiger partial charge in [-0.3, -0.25) is 14.6 Å². The van der Waals surface area contributed by atoms with Crippen molar-refractivity contribution in [3.05, 3.63) is 74.0 Å².